The van der Waals surface area contributed by atoms with Crippen LogP contribution in [0, 0.1) is 12.3 Å². The van der Waals surface area contributed by atoms with Gasteiger partial charge in [-0.25, -0.2) is 0 Å². The van der Waals surface area contributed by atoms with E-state index in [2.05, 4.69) is 30.4 Å². The molecule has 17 heavy (non-hydrogen) atoms. The summed E-state index contributed by atoms with van der Waals surface area (Å²) in [7, 11) is 0. The molecule has 1 rings (SSSR count). The average Bonchev–Trinajstić information content (AvgIpc) is 2.29. The van der Waals surface area contributed by atoms with E-state index in [4.69, 9.17) is 5.73 Å². The lowest BCUT2D eigenvalue weighted by atomic mass is 9.92. The van der Waals surface area contributed by atoms with E-state index < -0.39 is 5.41 Å². The molecule has 0 saturated heterocycles. The third-order valence-corrected chi connectivity index (χ3v) is 2.91. The maximum atomic E-state index is 11.8. The van der Waals surface area contributed by atoms with Gasteiger partial charge < -0.3 is 11.1 Å². The minimum Gasteiger partial charge on any atom is -0.355 e. The van der Waals surface area contributed by atoms with Crippen LogP contribution in [0.15, 0.2) is 24.3 Å². The highest BCUT2D eigenvalue weighted by Crippen LogP contribution is 2.12. The lowest BCUT2D eigenvalue weighted by Crippen LogP contribution is -2.42. The van der Waals surface area contributed by atoms with Crippen LogP contribution < -0.4 is 11.1 Å². The van der Waals surface area contributed by atoms with Crippen molar-refractivity contribution in [2.24, 2.45) is 11.1 Å². The van der Waals surface area contributed by atoms with Crippen LogP contribution in [0.2, 0.25) is 0 Å². The number of hydrogen-bond acceptors (Lipinski definition) is 2. The Labute approximate surface area is 103 Å². The summed E-state index contributed by atoms with van der Waals surface area (Å²) in [6.07, 6.45) is 0.855. The Morgan fingerprint density at radius 1 is 1.41 bits per heavy atom. The molecule has 1 aromatic rings. The van der Waals surface area contributed by atoms with E-state index >= 15 is 0 Å². The Bertz CT molecular complexity index is 386. The molecule has 0 unspecified atom stereocenters. The van der Waals surface area contributed by atoms with Crippen LogP contribution in [0.25, 0.3) is 0 Å². The summed E-state index contributed by atoms with van der Waals surface area (Å²) in [5, 5.41) is 2.92. The van der Waals surface area contributed by atoms with Gasteiger partial charge in [0, 0.05) is 13.1 Å². The molecule has 0 aliphatic heterocycles. The van der Waals surface area contributed by atoms with Crippen molar-refractivity contribution in [1.82, 2.24) is 5.32 Å². The van der Waals surface area contributed by atoms with Crippen LogP contribution in [-0.2, 0) is 11.2 Å². The van der Waals surface area contributed by atoms with Crippen molar-refractivity contribution in [3.05, 3.63) is 35.4 Å². The molecule has 3 nitrogen and oxygen atoms in total. The summed E-state index contributed by atoms with van der Waals surface area (Å²) < 4.78 is 0. The summed E-state index contributed by atoms with van der Waals surface area (Å²) in [6.45, 7) is 6.80. The number of carbonyl (C=O) groups is 1. The van der Waals surface area contributed by atoms with E-state index in [1.54, 1.807) is 0 Å². The predicted octanol–water partition coefficient (Wildman–Crippen LogP) is 1.64. The maximum Gasteiger partial charge on any atom is 0.226 e. The zero-order valence-electron chi connectivity index (χ0n) is 10.9. The monoisotopic (exact) mass is 234 g/mol. The number of aryl methyl sites for hydroxylation is 1. The van der Waals surface area contributed by atoms with E-state index in [-0.39, 0.29) is 5.91 Å². The van der Waals surface area contributed by atoms with Gasteiger partial charge in [0.1, 0.15) is 0 Å². The molecule has 0 aromatic heterocycles. The molecule has 1 amide bonds. The van der Waals surface area contributed by atoms with E-state index in [0.29, 0.717) is 13.1 Å². The highest BCUT2D eigenvalue weighted by molar-refractivity contribution is 5.82. The molecule has 3 heteroatoms. The number of nitrogens with two attached hydrogens (primary N) is 1. The van der Waals surface area contributed by atoms with E-state index in [1.807, 2.05) is 19.9 Å². The van der Waals surface area contributed by atoms with Crippen molar-refractivity contribution in [3.8, 4) is 0 Å². The summed E-state index contributed by atoms with van der Waals surface area (Å²) in [4.78, 5) is 11.8. The molecule has 0 bridgehead atoms. The first-order valence-corrected chi connectivity index (χ1v) is 5.99. The van der Waals surface area contributed by atoms with Crippen molar-refractivity contribution in [1.29, 1.82) is 0 Å². The highest BCUT2D eigenvalue weighted by Gasteiger charge is 2.24. The molecule has 0 saturated carbocycles. The second-order valence-corrected chi connectivity index (χ2v) is 5.08. The SMILES string of the molecule is Cc1cccc(CCNC(=O)C(C)(C)CN)c1. The van der Waals surface area contributed by atoms with Crippen LogP contribution in [0.4, 0.5) is 0 Å². The van der Waals surface area contributed by atoms with Crippen LogP contribution >= 0.6 is 0 Å². The Kier molecular flexibility index (Phi) is 4.70. The van der Waals surface area contributed by atoms with E-state index in [0.717, 1.165) is 6.42 Å². The molecule has 94 valence electrons. The second kappa shape index (κ2) is 5.82. The smallest absolute Gasteiger partial charge is 0.226 e. The Balaban J connectivity index is 2.41. The van der Waals surface area contributed by atoms with Gasteiger partial charge in [0.25, 0.3) is 0 Å². The third-order valence-electron chi connectivity index (χ3n) is 2.91. The summed E-state index contributed by atoms with van der Waals surface area (Å²) >= 11 is 0. The zero-order valence-corrected chi connectivity index (χ0v) is 10.9. The number of hydrogen-bond donors (Lipinski definition) is 2. The van der Waals surface area contributed by atoms with Crippen molar-refractivity contribution in [2.45, 2.75) is 27.2 Å². The van der Waals surface area contributed by atoms with Gasteiger partial charge in [0.05, 0.1) is 5.41 Å². The number of nitrogens with one attached hydrogen (secondary N) is 1. The molecule has 0 aliphatic rings. The molecule has 0 atom stereocenters. The number of benzene rings is 1. The van der Waals surface area contributed by atoms with E-state index in [9.17, 15) is 4.79 Å². The lowest BCUT2D eigenvalue weighted by Gasteiger charge is -2.21. The molecular formula is C14H22N2O. The van der Waals surface area contributed by atoms with Gasteiger partial charge in [-0.05, 0) is 32.8 Å². The van der Waals surface area contributed by atoms with Crippen LogP contribution in [0.5, 0.6) is 0 Å². The lowest BCUT2D eigenvalue weighted by molar-refractivity contribution is -0.128. The quantitative estimate of drug-likeness (QED) is 0.813. The van der Waals surface area contributed by atoms with E-state index in [1.165, 1.54) is 11.1 Å². The van der Waals surface area contributed by atoms with Gasteiger partial charge in [-0.15, -0.1) is 0 Å². The first-order valence-electron chi connectivity index (χ1n) is 5.99. The van der Waals surface area contributed by atoms with Gasteiger partial charge in [-0.3, -0.25) is 4.79 Å². The highest BCUT2D eigenvalue weighted by atomic mass is 16.2. The third kappa shape index (κ3) is 4.19. The summed E-state index contributed by atoms with van der Waals surface area (Å²) in [5.74, 6) is 0.0210. The summed E-state index contributed by atoms with van der Waals surface area (Å²) in [6, 6.07) is 8.32. The van der Waals surface area contributed by atoms with Gasteiger partial charge in [-0.1, -0.05) is 29.8 Å². The van der Waals surface area contributed by atoms with Gasteiger partial charge in [0.2, 0.25) is 5.91 Å². The van der Waals surface area contributed by atoms with Crippen LogP contribution in [-0.4, -0.2) is 19.0 Å². The first-order chi connectivity index (χ1) is 7.95. The standard InChI is InChI=1S/C14H22N2O/c1-11-5-4-6-12(9-11)7-8-16-13(17)14(2,3)10-15/h4-6,9H,7-8,10,15H2,1-3H3,(H,16,17). The predicted molar refractivity (Wildman–Crippen MR) is 70.7 cm³/mol. The van der Waals surface area contributed by atoms with Gasteiger partial charge in [-0.2, -0.15) is 0 Å². The molecule has 0 heterocycles. The minimum absolute atomic E-state index is 0.0210. The molecule has 0 aliphatic carbocycles. The summed E-state index contributed by atoms with van der Waals surface area (Å²) in [5.41, 5.74) is 7.56. The van der Waals surface area contributed by atoms with Crippen molar-refractivity contribution >= 4 is 5.91 Å². The minimum atomic E-state index is -0.480. The number of amides is 1. The Morgan fingerprint density at radius 3 is 2.71 bits per heavy atom. The fourth-order valence-corrected chi connectivity index (χ4v) is 1.52. The largest absolute Gasteiger partial charge is 0.355 e. The molecule has 0 radical (unpaired) electrons. The number of rotatable bonds is 5. The van der Waals surface area contributed by atoms with Crippen molar-refractivity contribution in [3.63, 3.8) is 0 Å². The topological polar surface area (TPSA) is 55.1 Å². The first kappa shape index (κ1) is 13.7. The second-order valence-electron chi connectivity index (χ2n) is 5.08. The maximum absolute atomic E-state index is 11.8. The normalized spacial score (nSPS) is 11.3. The molecule has 0 spiro atoms. The average molecular weight is 234 g/mol. The van der Waals surface area contributed by atoms with Crippen molar-refractivity contribution in [2.75, 3.05) is 13.1 Å². The molecule has 0 fully saturated rings. The molecule has 3 N–H and O–H groups in total. The van der Waals surface area contributed by atoms with Crippen LogP contribution in [0.1, 0.15) is 25.0 Å². The van der Waals surface area contributed by atoms with Crippen molar-refractivity contribution < 1.29 is 4.79 Å². The molecular weight excluding hydrogens is 212 g/mol. The van der Waals surface area contributed by atoms with Crippen LogP contribution in [0.3, 0.4) is 0 Å². The Hall–Kier alpha value is -1.35. The molecule has 1 aromatic carbocycles. The Morgan fingerprint density at radius 2 is 2.12 bits per heavy atom. The fourth-order valence-electron chi connectivity index (χ4n) is 1.52. The zero-order chi connectivity index (χ0) is 12.9. The van der Waals surface area contributed by atoms with Gasteiger partial charge >= 0.3 is 0 Å². The fraction of sp³-hybridized carbons (Fsp3) is 0.500. The van der Waals surface area contributed by atoms with Gasteiger partial charge in [0.15, 0.2) is 0 Å². The number of carbonyl (C=O) groups excluding carboxylic acids is 1.